The molecule has 2 N–H and O–H groups in total. The smallest absolute Gasteiger partial charge is 0.416 e. The van der Waals surface area contributed by atoms with Crippen LogP contribution in [-0.4, -0.2) is 70.2 Å². The number of halogens is 3. The van der Waals surface area contributed by atoms with E-state index in [4.69, 9.17) is 4.74 Å². The minimum Gasteiger partial charge on any atom is -0.488 e. The van der Waals surface area contributed by atoms with E-state index in [9.17, 15) is 27.9 Å². The van der Waals surface area contributed by atoms with Gasteiger partial charge in [-0.15, -0.1) is 0 Å². The summed E-state index contributed by atoms with van der Waals surface area (Å²) in [6.45, 7) is 4.66. The molecule has 0 saturated heterocycles. The second-order valence-electron chi connectivity index (χ2n) is 12.2. The largest absolute Gasteiger partial charge is 0.488 e. The predicted octanol–water partition coefficient (Wildman–Crippen LogP) is 5.73. The molecule has 1 aromatic heterocycles. The van der Waals surface area contributed by atoms with Gasteiger partial charge in [0.25, 0.3) is 5.91 Å². The number of benzene rings is 3. The number of amides is 2. The average Bonchev–Trinajstić information content (AvgIpc) is 3.33. The van der Waals surface area contributed by atoms with E-state index < -0.39 is 17.8 Å². The van der Waals surface area contributed by atoms with Crippen LogP contribution in [0.15, 0.2) is 72.9 Å². The Hall–Kier alpha value is -4.35. The maximum Gasteiger partial charge on any atom is 0.416 e. The Kier molecular flexibility index (Phi) is 9.74. The van der Waals surface area contributed by atoms with Gasteiger partial charge in [-0.25, -0.2) is 0 Å². The van der Waals surface area contributed by atoms with Crippen molar-refractivity contribution in [2.45, 2.75) is 45.1 Å². The molecule has 8 nitrogen and oxygen atoms in total. The molecule has 0 spiro atoms. The number of anilines is 1. The van der Waals surface area contributed by atoms with Crippen LogP contribution < -0.4 is 10.1 Å². The van der Waals surface area contributed by atoms with Gasteiger partial charge in [0.1, 0.15) is 11.9 Å². The summed E-state index contributed by atoms with van der Waals surface area (Å²) in [7, 11) is 3.80. The molecule has 0 bridgehead atoms. The molecule has 46 heavy (non-hydrogen) atoms. The van der Waals surface area contributed by atoms with Crippen LogP contribution in [0.5, 0.6) is 5.75 Å². The number of para-hydroxylation sites is 1. The summed E-state index contributed by atoms with van der Waals surface area (Å²) in [6, 6.07) is 17.5. The zero-order valence-corrected chi connectivity index (χ0v) is 26.3. The number of hydrogen-bond acceptors (Lipinski definition) is 5. The molecule has 3 atom stereocenters. The zero-order chi connectivity index (χ0) is 33.2. The van der Waals surface area contributed by atoms with Crippen LogP contribution in [0.1, 0.15) is 40.9 Å². The van der Waals surface area contributed by atoms with E-state index in [1.54, 1.807) is 30.0 Å². The maximum absolute atomic E-state index is 13.8. The Bertz CT molecular complexity index is 1700. The standard InChI is InChI=1S/C35H39F3N4O4/c1-22-17-42(23(2)21-43)34(45)29-16-27(39-33(44)15-25-19-41(4)30-8-6-5-7-28(25)30)13-14-31(29)46-32(22)20-40(3)18-24-9-11-26(12-10-24)35(36,37)38/h5-14,16,19,22-23,32,43H,15,17-18,20-21H2,1-4H3,(H,39,44)/t22-,23+,32+/m0/s1. The highest BCUT2D eigenvalue weighted by Crippen LogP contribution is 2.32. The Balaban J connectivity index is 1.35. The summed E-state index contributed by atoms with van der Waals surface area (Å²) in [4.78, 5) is 30.5. The topological polar surface area (TPSA) is 87.0 Å². The Morgan fingerprint density at radius 3 is 2.54 bits per heavy atom. The number of aryl methyl sites for hydroxylation is 1. The van der Waals surface area contributed by atoms with Crippen LogP contribution in [0.4, 0.5) is 18.9 Å². The van der Waals surface area contributed by atoms with Gasteiger partial charge in [-0.05, 0) is 61.5 Å². The van der Waals surface area contributed by atoms with Crippen LogP contribution in [0.3, 0.4) is 0 Å². The molecular formula is C35H39F3N4O4. The molecule has 2 amide bonds. The average molecular weight is 637 g/mol. The number of aliphatic hydroxyl groups is 1. The van der Waals surface area contributed by atoms with E-state index in [0.29, 0.717) is 31.1 Å². The first-order chi connectivity index (χ1) is 21.8. The summed E-state index contributed by atoms with van der Waals surface area (Å²) in [6.07, 6.45) is -2.69. The molecule has 0 unspecified atom stereocenters. The first-order valence-electron chi connectivity index (χ1n) is 15.2. The number of aromatic nitrogens is 1. The molecule has 1 aliphatic heterocycles. The van der Waals surface area contributed by atoms with Crippen molar-refractivity contribution < 1.29 is 32.6 Å². The number of nitrogens with one attached hydrogen (secondary N) is 1. The van der Waals surface area contributed by atoms with Gasteiger partial charge in [-0.2, -0.15) is 13.2 Å². The molecule has 2 heterocycles. The molecular weight excluding hydrogens is 597 g/mol. The van der Waals surface area contributed by atoms with Gasteiger partial charge in [-0.1, -0.05) is 37.3 Å². The fraction of sp³-hybridized carbons (Fsp3) is 0.371. The van der Waals surface area contributed by atoms with E-state index in [-0.39, 0.29) is 42.4 Å². The van der Waals surface area contributed by atoms with Gasteiger partial charge < -0.3 is 24.6 Å². The summed E-state index contributed by atoms with van der Waals surface area (Å²) in [5.41, 5.74) is 2.67. The number of ether oxygens (including phenoxy) is 1. The van der Waals surface area contributed by atoms with Gasteiger partial charge in [-0.3, -0.25) is 14.5 Å². The molecule has 244 valence electrons. The molecule has 3 aromatic carbocycles. The SMILES string of the molecule is C[C@H](CO)N1C[C@H](C)[C@@H](CN(C)Cc2ccc(C(F)(F)F)cc2)Oc2ccc(NC(=O)Cc3cn(C)c4ccccc34)cc2C1=O. The van der Waals surface area contributed by atoms with Crippen LogP contribution >= 0.6 is 0 Å². The fourth-order valence-corrected chi connectivity index (χ4v) is 5.95. The number of alkyl halides is 3. The molecule has 0 radical (unpaired) electrons. The second-order valence-corrected chi connectivity index (χ2v) is 12.2. The number of fused-ring (bicyclic) bond motifs is 2. The minimum atomic E-state index is -4.39. The highest BCUT2D eigenvalue weighted by Gasteiger charge is 2.34. The first-order valence-corrected chi connectivity index (χ1v) is 15.2. The quantitative estimate of drug-likeness (QED) is 0.245. The van der Waals surface area contributed by atoms with Crippen molar-refractivity contribution in [1.29, 1.82) is 0 Å². The number of nitrogens with zero attached hydrogens (tertiary/aromatic N) is 3. The van der Waals surface area contributed by atoms with Gasteiger partial charge in [0.15, 0.2) is 0 Å². The molecule has 0 fully saturated rings. The van der Waals surface area contributed by atoms with Crippen molar-refractivity contribution in [3.8, 4) is 5.75 Å². The van der Waals surface area contributed by atoms with Crippen molar-refractivity contribution >= 4 is 28.4 Å². The molecule has 11 heteroatoms. The Morgan fingerprint density at radius 1 is 1.13 bits per heavy atom. The van der Waals surface area contributed by atoms with Gasteiger partial charge in [0.2, 0.25) is 5.91 Å². The number of aliphatic hydroxyl groups excluding tert-OH is 1. The lowest BCUT2D eigenvalue weighted by atomic mass is 9.99. The Morgan fingerprint density at radius 2 is 1.85 bits per heavy atom. The minimum absolute atomic E-state index is 0.138. The second kappa shape index (κ2) is 13.6. The zero-order valence-electron chi connectivity index (χ0n) is 26.3. The number of carbonyl (C=O) groups excluding carboxylic acids is 2. The lowest BCUT2D eigenvalue weighted by Gasteiger charge is -2.38. The van der Waals surface area contributed by atoms with Crippen molar-refractivity contribution in [1.82, 2.24) is 14.4 Å². The van der Waals surface area contributed by atoms with Crippen molar-refractivity contribution in [2.24, 2.45) is 13.0 Å². The van der Waals surface area contributed by atoms with Crippen LogP contribution in [0.2, 0.25) is 0 Å². The van der Waals surface area contributed by atoms with Gasteiger partial charge in [0.05, 0.1) is 30.2 Å². The first kappa shape index (κ1) is 33.0. The highest BCUT2D eigenvalue weighted by atomic mass is 19.4. The molecule has 0 saturated carbocycles. The third-order valence-corrected chi connectivity index (χ3v) is 8.50. The molecule has 4 aromatic rings. The number of carbonyl (C=O) groups is 2. The van der Waals surface area contributed by atoms with E-state index >= 15 is 0 Å². The Labute approximate surface area is 266 Å². The third kappa shape index (κ3) is 7.37. The lowest BCUT2D eigenvalue weighted by molar-refractivity contribution is -0.137. The summed E-state index contributed by atoms with van der Waals surface area (Å²) >= 11 is 0. The molecule has 5 rings (SSSR count). The van der Waals surface area contributed by atoms with E-state index in [1.807, 2.05) is 60.9 Å². The van der Waals surface area contributed by atoms with E-state index in [0.717, 1.165) is 34.2 Å². The van der Waals surface area contributed by atoms with Crippen LogP contribution in [0.25, 0.3) is 10.9 Å². The number of likely N-dealkylation sites (N-methyl/N-ethyl adjacent to an activating group) is 1. The third-order valence-electron chi connectivity index (χ3n) is 8.50. The number of hydrogen-bond donors (Lipinski definition) is 2. The fourth-order valence-electron chi connectivity index (χ4n) is 5.95. The predicted molar refractivity (Wildman–Crippen MR) is 171 cm³/mol. The van der Waals surface area contributed by atoms with Crippen molar-refractivity contribution in [3.05, 3.63) is 95.2 Å². The maximum atomic E-state index is 13.8. The van der Waals surface area contributed by atoms with E-state index in [2.05, 4.69) is 5.32 Å². The normalized spacial score (nSPS) is 17.8. The molecule has 0 aliphatic carbocycles. The molecule has 1 aliphatic rings. The summed E-state index contributed by atoms with van der Waals surface area (Å²) in [5.74, 6) is -0.328. The van der Waals surface area contributed by atoms with Crippen molar-refractivity contribution in [3.63, 3.8) is 0 Å². The van der Waals surface area contributed by atoms with Gasteiger partial charge in [0, 0.05) is 55.4 Å². The highest BCUT2D eigenvalue weighted by molar-refractivity contribution is 6.00. The van der Waals surface area contributed by atoms with Crippen molar-refractivity contribution in [2.75, 3.05) is 32.1 Å². The van der Waals surface area contributed by atoms with Gasteiger partial charge >= 0.3 is 6.18 Å². The monoisotopic (exact) mass is 636 g/mol. The number of rotatable bonds is 9. The van der Waals surface area contributed by atoms with Crippen LogP contribution in [-0.2, 0) is 31.0 Å². The summed E-state index contributed by atoms with van der Waals surface area (Å²) < 4.78 is 47.4. The van der Waals surface area contributed by atoms with Crippen LogP contribution in [0, 0.1) is 5.92 Å². The van der Waals surface area contributed by atoms with E-state index in [1.165, 1.54) is 12.1 Å². The lowest BCUT2D eigenvalue weighted by Crippen LogP contribution is -2.49. The summed E-state index contributed by atoms with van der Waals surface area (Å²) in [5, 5.41) is 13.9.